The number of hydrogen-bond donors (Lipinski definition) is 1. The lowest BCUT2D eigenvalue weighted by atomic mass is 10.2. The van der Waals surface area contributed by atoms with Gasteiger partial charge in [0.1, 0.15) is 10.7 Å². The first kappa shape index (κ1) is 22.1. The maximum Gasteiger partial charge on any atom is 0.260 e. The highest BCUT2D eigenvalue weighted by molar-refractivity contribution is 7.99. The van der Waals surface area contributed by atoms with Crippen molar-refractivity contribution in [2.45, 2.75) is 64.6 Å². The molecule has 0 aliphatic rings. The summed E-state index contributed by atoms with van der Waals surface area (Å²) < 4.78 is 0. The molecule has 29 heavy (non-hydrogen) atoms. The van der Waals surface area contributed by atoms with Crippen molar-refractivity contribution >= 4 is 50.6 Å². The molecular formula is C21H27N3O2S3. The maximum atomic E-state index is 12.8. The van der Waals surface area contributed by atoms with E-state index in [1.54, 1.807) is 11.3 Å². The predicted molar refractivity (Wildman–Crippen MR) is 126 cm³/mol. The molecule has 5 nitrogen and oxygen atoms in total. The van der Waals surface area contributed by atoms with Crippen LogP contribution in [0.1, 0.15) is 45.3 Å². The van der Waals surface area contributed by atoms with E-state index in [9.17, 15) is 9.59 Å². The van der Waals surface area contributed by atoms with E-state index in [4.69, 9.17) is 0 Å². The highest BCUT2D eigenvalue weighted by Crippen LogP contribution is 2.35. The molecule has 0 aliphatic carbocycles. The minimum Gasteiger partial charge on any atom is -0.337 e. The lowest BCUT2D eigenvalue weighted by molar-refractivity contribution is -0.133. The number of nitrogens with one attached hydrogen (secondary N) is 1. The van der Waals surface area contributed by atoms with Crippen molar-refractivity contribution < 1.29 is 4.79 Å². The molecule has 0 bridgehead atoms. The van der Waals surface area contributed by atoms with Crippen molar-refractivity contribution in [1.29, 1.82) is 0 Å². The van der Waals surface area contributed by atoms with E-state index in [0.29, 0.717) is 17.0 Å². The number of aromatic nitrogens is 2. The molecule has 0 radical (unpaired) electrons. The van der Waals surface area contributed by atoms with E-state index >= 15 is 0 Å². The second-order valence-electron chi connectivity index (χ2n) is 7.64. The molecule has 3 aromatic heterocycles. The Bertz CT molecular complexity index is 1060. The van der Waals surface area contributed by atoms with Crippen LogP contribution >= 0.6 is 34.4 Å². The first-order valence-corrected chi connectivity index (χ1v) is 12.4. The second-order valence-corrected chi connectivity index (χ2v) is 11.1. The van der Waals surface area contributed by atoms with Crippen molar-refractivity contribution in [3.05, 3.63) is 38.6 Å². The van der Waals surface area contributed by atoms with Gasteiger partial charge in [0, 0.05) is 32.8 Å². The molecule has 8 heteroatoms. The monoisotopic (exact) mass is 449 g/mol. The molecule has 0 saturated heterocycles. The smallest absolute Gasteiger partial charge is 0.260 e. The molecule has 0 fully saturated rings. The molecule has 0 aromatic carbocycles. The third-order valence-corrected chi connectivity index (χ3v) is 7.73. The molecule has 1 N–H and O–H groups in total. The molecule has 0 aliphatic heterocycles. The number of nitrogens with zero attached hydrogens (tertiary/aromatic N) is 2. The summed E-state index contributed by atoms with van der Waals surface area (Å²) in [5.74, 6) is 1.23. The van der Waals surface area contributed by atoms with Gasteiger partial charge in [-0.15, -0.1) is 34.4 Å². The second kappa shape index (κ2) is 9.02. The summed E-state index contributed by atoms with van der Waals surface area (Å²) in [7, 11) is 0. The zero-order valence-electron chi connectivity index (χ0n) is 17.6. The summed E-state index contributed by atoms with van der Waals surface area (Å²) in [6, 6.07) is 4.43. The summed E-state index contributed by atoms with van der Waals surface area (Å²) in [5.41, 5.74) is 0.835. The highest BCUT2D eigenvalue weighted by atomic mass is 32.2. The number of thiophene rings is 2. The van der Waals surface area contributed by atoms with E-state index in [1.807, 2.05) is 51.0 Å². The molecule has 156 valence electrons. The zero-order chi connectivity index (χ0) is 21.3. The van der Waals surface area contributed by atoms with Crippen LogP contribution in [0, 0.1) is 6.92 Å². The van der Waals surface area contributed by atoms with Gasteiger partial charge in [0.25, 0.3) is 5.56 Å². The van der Waals surface area contributed by atoms with Gasteiger partial charge in [-0.25, -0.2) is 4.98 Å². The van der Waals surface area contributed by atoms with Crippen LogP contribution in [0.25, 0.3) is 20.7 Å². The van der Waals surface area contributed by atoms with Crippen LogP contribution in [0.15, 0.2) is 22.3 Å². The minimum atomic E-state index is -0.200. The van der Waals surface area contributed by atoms with Crippen molar-refractivity contribution in [2.24, 2.45) is 0 Å². The Kier molecular flexibility index (Phi) is 6.86. The molecule has 3 aromatic rings. The first-order chi connectivity index (χ1) is 13.7. The molecule has 1 amide bonds. The molecule has 0 saturated carbocycles. The van der Waals surface area contributed by atoms with Gasteiger partial charge in [0.2, 0.25) is 5.91 Å². The summed E-state index contributed by atoms with van der Waals surface area (Å²) in [6.45, 7) is 12.1. The third kappa shape index (κ3) is 4.75. The number of aryl methyl sites for hydroxylation is 1. The summed E-state index contributed by atoms with van der Waals surface area (Å²) >= 11 is 4.68. The third-order valence-electron chi connectivity index (χ3n) is 4.68. The Morgan fingerprint density at radius 3 is 2.48 bits per heavy atom. The maximum absolute atomic E-state index is 12.8. The van der Waals surface area contributed by atoms with Crippen molar-refractivity contribution in [1.82, 2.24) is 14.9 Å². The summed E-state index contributed by atoms with van der Waals surface area (Å²) in [5, 5.41) is 2.46. The molecule has 0 spiro atoms. The SMILES string of the molecule is Cc1ccc(-c2csc3nc(CS[C@H](C)C(=O)N(C(C)C)C(C)C)[nH]c(=O)c23)s1. The van der Waals surface area contributed by atoms with E-state index in [0.717, 1.165) is 15.3 Å². The Hall–Kier alpha value is -1.64. The van der Waals surface area contributed by atoms with Gasteiger partial charge in [0.05, 0.1) is 16.4 Å². The number of H-pyrrole nitrogens is 1. The van der Waals surface area contributed by atoms with Crippen molar-refractivity contribution in [3.63, 3.8) is 0 Å². The number of thioether (sulfide) groups is 1. The van der Waals surface area contributed by atoms with Gasteiger partial charge < -0.3 is 9.88 Å². The number of hydrogen-bond acceptors (Lipinski definition) is 6. The Morgan fingerprint density at radius 1 is 1.21 bits per heavy atom. The average molecular weight is 450 g/mol. The van der Waals surface area contributed by atoms with Gasteiger partial charge in [-0.2, -0.15) is 0 Å². The van der Waals surface area contributed by atoms with Gasteiger partial charge in [-0.1, -0.05) is 0 Å². The minimum absolute atomic E-state index is 0.113. The number of carbonyl (C=O) groups is 1. The lowest BCUT2D eigenvalue weighted by Crippen LogP contribution is -2.45. The molecule has 1 atom stereocenters. The standard InChI is InChI=1S/C21H27N3O2S3/c1-11(2)24(12(3)4)21(26)14(6)27-10-17-22-19(25)18-15(9-28-20(18)23-17)16-8-7-13(5)29-16/h7-9,11-12,14H,10H2,1-6H3,(H,22,23,25)/t14-/m1/s1. The van der Waals surface area contributed by atoms with E-state index in [-0.39, 0.29) is 28.8 Å². The van der Waals surface area contributed by atoms with Crippen LogP contribution in [0.5, 0.6) is 0 Å². The number of rotatable bonds is 7. The van der Waals surface area contributed by atoms with Gasteiger partial charge in [-0.05, 0) is 53.7 Å². The highest BCUT2D eigenvalue weighted by Gasteiger charge is 2.25. The Balaban J connectivity index is 1.78. The summed E-state index contributed by atoms with van der Waals surface area (Å²) in [4.78, 5) is 38.1. The number of aromatic amines is 1. The van der Waals surface area contributed by atoms with E-state index in [1.165, 1.54) is 28.0 Å². The van der Waals surface area contributed by atoms with Crippen LogP contribution in [-0.2, 0) is 10.5 Å². The predicted octanol–water partition coefficient (Wildman–Crippen LogP) is 5.29. The first-order valence-electron chi connectivity index (χ1n) is 9.70. The van der Waals surface area contributed by atoms with Gasteiger partial charge >= 0.3 is 0 Å². The number of fused-ring (bicyclic) bond motifs is 1. The van der Waals surface area contributed by atoms with Crippen LogP contribution in [0.2, 0.25) is 0 Å². The molecular weight excluding hydrogens is 422 g/mol. The topological polar surface area (TPSA) is 66.1 Å². The van der Waals surface area contributed by atoms with E-state index in [2.05, 4.69) is 23.0 Å². The van der Waals surface area contributed by atoms with Gasteiger partial charge in [0.15, 0.2) is 0 Å². The summed E-state index contributed by atoms with van der Waals surface area (Å²) in [6.07, 6.45) is 0. The zero-order valence-corrected chi connectivity index (χ0v) is 20.1. The Labute approximate surface area is 183 Å². The lowest BCUT2D eigenvalue weighted by Gasteiger charge is -2.32. The fraction of sp³-hybridized carbons (Fsp3) is 0.476. The van der Waals surface area contributed by atoms with Crippen molar-refractivity contribution in [3.8, 4) is 10.4 Å². The molecule has 0 unspecified atom stereocenters. The van der Waals surface area contributed by atoms with Gasteiger partial charge in [-0.3, -0.25) is 9.59 Å². The van der Waals surface area contributed by atoms with Crippen LogP contribution < -0.4 is 5.56 Å². The van der Waals surface area contributed by atoms with Crippen molar-refractivity contribution in [2.75, 3.05) is 0 Å². The normalized spacial score (nSPS) is 12.8. The quantitative estimate of drug-likeness (QED) is 0.532. The number of amides is 1. The Morgan fingerprint density at radius 2 is 1.90 bits per heavy atom. The fourth-order valence-corrected chi connectivity index (χ4v) is 6.14. The number of carbonyl (C=O) groups excluding carboxylic acids is 1. The van der Waals surface area contributed by atoms with Crippen LogP contribution in [0.4, 0.5) is 0 Å². The van der Waals surface area contributed by atoms with Crippen LogP contribution in [0.3, 0.4) is 0 Å². The largest absolute Gasteiger partial charge is 0.337 e. The molecule has 3 heterocycles. The fourth-order valence-electron chi connectivity index (χ4n) is 3.41. The molecule has 3 rings (SSSR count). The average Bonchev–Trinajstić information content (AvgIpc) is 3.25. The van der Waals surface area contributed by atoms with E-state index < -0.39 is 0 Å². The van der Waals surface area contributed by atoms with Crippen LogP contribution in [-0.4, -0.2) is 38.1 Å².